The summed E-state index contributed by atoms with van der Waals surface area (Å²) in [5, 5.41) is 12.7. The highest BCUT2D eigenvalue weighted by molar-refractivity contribution is 4.96. The summed E-state index contributed by atoms with van der Waals surface area (Å²) in [6, 6.07) is -0.429. The maximum Gasteiger partial charge on any atom is 0.147 e. The predicted octanol–water partition coefficient (Wildman–Crippen LogP) is -0.884. The van der Waals surface area contributed by atoms with Crippen LogP contribution in [0, 0.1) is 6.92 Å². The first-order valence-electron chi connectivity index (χ1n) is 3.39. The SMILES string of the molecule is Cc1nc(C(N)CO)n(C)n1. The molecule has 0 saturated carbocycles. The van der Waals surface area contributed by atoms with Gasteiger partial charge in [-0.3, -0.25) is 4.68 Å². The van der Waals surface area contributed by atoms with E-state index in [1.165, 1.54) is 0 Å². The summed E-state index contributed by atoms with van der Waals surface area (Å²) in [4.78, 5) is 4.05. The molecule has 1 aromatic rings. The van der Waals surface area contributed by atoms with Gasteiger partial charge in [0.1, 0.15) is 11.6 Å². The molecule has 0 bridgehead atoms. The number of hydrogen-bond donors (Lipinski definition) is 2. The molecule has 1 unspecified atom stereocenters. The standard InChI is InChI=1S/C6H12N4O/c1-4-8-6(5(7)3-11)10(2)9-4/h5,11H,3,7H2,1-2H3. The molecule has 1 aromatic heterocycles. The highest BCUT2D eigenvalue weighted by atomic mass is 16.3. The maximum atomic E-state index is 8.72. The Morgan fingerprint density at radius 3 is 2.73 bits per heavy atom. The molecule has 0 radical (unpaired) electrons. The lowest BCUT2D eigenvalue weighted by Crippen LogP contribution is -2.19. The number of aliphatic hydroxyl groups is 1. The van der Waals surface area contributed by atoms with E-state index < -0.39 is 6.04 Å². The highest BCUT2D eigenvalue weighted by Crippen LogP contribution is 2.04. The van der Waals surface area contributed by atoms with Crippen molar-refractivity contribution in [2.45, 2.75) is 13.0 Å². The quantitative estimate of drug-likeness (QED) is 0.582. The molecule has 0 aromatic carbocycles. The molecular formula is C6H12N4O. The molecule has 1 atom stereocenters. The summed E-state index contributed by atoms with van der Waals surface area (Å²) in [5.74, 6) is 1.29. The van der Waals surface area contributed by atoms with Crippen molar-refractivity contribution < 1.29 is 5.11 Å². The average Bonchev–Trinajstić information content (AvgIpc) is 2.28. The first-order chi connectivity index (χ1) is 5.15. The Morgan fingerprint density at radius 2 is 2.36 bits per heavy atom. The maximum absolute atomic E-state index is 8.72. The minimum Gasteiger partial charge on any atom is -0.394 e. The number of rotatable bonds is 2. The number of nitrogens with two attached hydrogens (primary N) is 1. The van der Waals surface area contributed by atoms with E-state index in [-0.39, 0.29) is 6.61 Å². The Bertz CT molecular complexity index is 245. The smallest absolute Gasteiger partial charge is 0.147 e. The second kappa shape index (κ2) is 2.98. The van der Waals surface area contributed by atoms with Crippen LogP contribution in [0.4, 0.5) is 0 Å². The zero-order chi connectivity index (χ0) is 8.43. The van der Waals surface area contributed by atoms with Gasteiger partial charge in [-0.15, -0.1) is 0 Å². The summed E-state index contributed by atoms with van der Waals surface area (Å²) in [5.41, 5.74) is 5.54. The summed E-state index contributed by atoms with van der Waals surface area (Å²) in [6.07, 6.45) is 0. The third-order valence-electron chi connectivity index (χ3n) is 1.43. The van der Waals surface area contributed by atoms with E-state index in [0.717, 1.165) is 0 Å². The highest BCUT2D eigenvalue weighted by Gasteiger charge is 2.11. The Balaban J connectivity index is 2.93. The van der Waals surface area contributed by atoms with Crippen LogP contribution >= 0.6 is 0 Å². The summed E-state index contributed by atoms with van der Waals surface area (Å²) >= 11 is 0. The van der Waals surface area contributed by atoms with Crippen LogP contribution in [0.1, 0.15) is 17.7 Å². The first-order valence-corrected chi connectivity index (χ1v) is 3.39. The van der Waals surface area contributed by atoms with E-state index in [4.69, 9.17) is 10.8 Å². The van der Waals surface area contributed by atoms with Crippen molar-refractivity contribution in [3.05, 3.63) is 11.6 Å². The van der Waals surface area contributed by atoms with Gasteiger partial charge >= 0.3 is 0 Å². The van der Waals surface area contributed by atoms with E-state index in [0.29, 0.717) is 11.6 Å². The number of aryl methyl sites for hydroxylation is 2. The van der Waals surface area contributed by atoms with Crippen LogP contribution < -0.4 is 5.73 Å². The monoisotopic (exact) mass is 156 g/mol. The molecular weight excluding hydrogens is 144 g/mol. The minimum absolute atomic E-state index is 0.105. The fourth-order valence-electron chi connectivity index (χ4n) is 0.933. The zero-order valence-corrected chi connectivity index (χ0v) is 6.65. The third kappa shape index (κ3) is 1.55. The molecule has 3 N–H and O–H groups in total. The number of hydrogen-bond acceptors (Lipinski definition) is 4. The minimum atomic E-state index is -0.429. The normalized spacial score (nSPS) is 13.5. The van der Waals surface area contributed by atoms with Gasteiger partial charge in [0.25, 0.3) is 0 Å². The molecule has 0 fully saturated rings. The summed E-state index contributed by atoms with van der Waals surface area (Å²) in [7, 11) is 1.75. The average molecular weight is 156 g/mol. The molecule has 1 rings (SSSR count). The predicted molar refractivity (Wildman–Crippen MR) is 39.8 cm³/mol. The molecule has 1 heterocycles. The number of nitrogens with zero attached hydrogens (tertiary/aromatic N) is 3. The van der Waals surface area contributed by atoms with Gasteiger partial charge < -0.3 is 10.8 Å². The van der Waals surface area contributed by atoms with Crippen LogP contribution in [-0.4, -0.2) is 26.5 Å². The lowest BCUT2D eigenvalue weighted by Gasteiger charge is -2.04. The summed E-state index contributed by atoms with van der Waals surface area (Å²) < 4.78 is 1.58. The Labute approximate surface area is 64.9 Å². The Morgan fingerprint density at radius 1 is 1.73 bits per heavy atom. The van der Waals surface area contributed by atoms with E-state index in [9.17, 15) is 0 Å². The molecule has 0 aliphatic carbocycles. The fraction of sp³-hybridized carbons (Fsp3) is 0.667. The number of aromatic nitrogens is 3. The van der Waals surface area contributed by atoms with Crippen molar-refractivity contribution in [1.29, 1.82) is 0 Å². The molecule has 5 nitrogen and oxygen atoms in total. The van der Waals surface area contributed by atoms with E-state index in [1.54, 1.807) is 18.7 Å². The van der Waals surface area contributed by atoms with Crippen molar-refractivity contribution in [2.24, 2.45) is 12.8 Å². The van der Waals surface area contributed by atoms with Gasteiger partial charge in [0.2, 0.25) is 0 Å². The lowest BCUT2D eigenvalue weighted by atomic mass is 10.3. The van der Waals surface area contributed by atoms with Crippen molar-refractivity contribution in [1.82, 2.24) is 14.8 Å². The van der Waals surface area contributed by atoms with Gasteiger partial charge in [-0.2, -0.15) is 5.10 Å². The molecule has 0 saturated heterocycles. The van der Waals surface area contributed by atoms with Gasteiger partial charge in [-0.25, -0.2) is 4.98 Å². The Hall–Kier alpha value is -0.940. The largest absolute Gasteiger partial charge is 0.394 e. The third-order valence-corrected chi connectivity index (χ3v) is 1.43. The topological polar surface area (TPSA) is 77.0 Å². The molecule has 0 aliphatic rings. The van der Waals surface area contributed by atoms with Crippen molar-refractivity contribution >= 4 is 0 Å². The van der Waals surface area contributed by atoms with Crippen LogP contribution in [0.2, 0.25) is 0 Å². The van der Waals surface area contributed by atoms with E-state index in [2.05, 4.69) is 10.1 Å². The van der Waals surface area contributed by atoms with Crippen molar-refractivity contribution in [2.75, 3.05) is 6.61 Å². The van der Waals surface area contributed by atoms with Crippen LogP contribution in [0.5, 0.6) is 0 Å². The van der Waals surface area contributed by atoms with E-state index >= 15 is 0 Å². The van der Waals surface area contributed by atoms with Gasteiger partial charge in [0.15, 0.2) is 0 Å². The first kappa shape index (κ1) is 8.16. The molecule has 62 valence electrons. The fourth-order valence-corrected chi connectivity index (χ4v) is 0.933. The zero-order valence-electron chi connectivity index (χ0n) is 6.65. The summed E-state index contributed by atoms with van der Waals surface area (Å²) in [6.45, 7) is 1.68. The van der Waals surface area contributed by atoms with Crippen LogP contribution in [-0.2, 0) is 7.05 Å². The van der Waals surface area contributed by atoms with Gasteiger partial charge in [-0.05, 0) is 6.92 Å². The lowest BCUT2D eigenvalue weighted by molar-refractivity contribution is 0.260. The van der Waals surface area contributed by atoms with Crippen molar-refractivity contribution in [3.63, 3.8) is 0 Å². The molecule has 5 heteroatoms. The molecule has 0 amide bonds. The van der Waals surface area contributed by atoms with Crippen molar-refractivity contribution in [3.8, 4) is 0 Å². The molecule has 0 spiro atoms. The van der Waals surface area contributed by atoms with E-state index in [1.807, 2.05) is 0 Å². The van der Waals surface area contributed by atoms with Crippen LogP contribution in [0.3, 0.4) is 0 Å². The van der Waals surface area contributed by atoms with Gasteiger partial charge in [0, 0.05) is 7.05 Å². The van der Waals surface area contributed by atoms with Crippen LogP contribution in [0.15, 0.2) is 0 Å². The number of aliphatic hydroxyl groups excluding tert-OH is 1. The second-order valence-corrected chi connectivity index (χ2v) is 2.43. The van der Waals surface area contributed by atoms with Crippen LogP contribution in [0.25, 0.3) is 0 Å². The molecule has 0 aliphatic heterocycles. The second-order valence-electron chi connectivity index (χ2n) is 2.43. The Kier molecular flexibility index (Phi) is 2.21. The van der Waals surface area contributed by atoms with Gasteiger partial charge in [0.05, 0.1) is 12.6 Å². The van der Waals surface area contributed by atoms with Gasteiger partial charge in [-0.1, -0.05) is 0 Å². The molecule has 11 heavy (non-hydrogen) atoms.